The molecule has 2 N–H and O–H groups in total. The topological polar surface area (TPSA) is 88.5 Å². The Kier molecular flexibility index (Phi) is 3.78. The molecule has 0 aliphatic heterocycles. The second kappa shape index (κ2) is 5.50. The van der Waals surface area contributed by atoms with Gasteiger partial charge >= 0.3 is 0 Å². The van der Waals surface area contributed by atoms with Gasteiger partial charge in [-0.15, -0.1) is 0 Å². The van der Waals surface area contributed by atoms with Crippen LogP contribution in [0, 0.1) is 5.92 Å². The van der Waals surface area contributed by atoms with E-state index >= 15 is 0 Å². The van der Waals surface area contributed by atoms with Crippen molar-refractivity contribution in [2.24, 2.45) is 5.92 Å². The van der Waals surface area contributed by atoms with E-state index in [9.17, 15) is 4.79 Å². The van der Waals surface area contributed by atoms with E-state index in [1.54, 1.807) is 12.1 Å². The molecule has 1 atom stereocenters. The molecule has 96 valence electrons. The molecule has 18 heavy (non-hydrogen) atoms. The monoisotopic (exact) mass is 250 g/mol. The third-order valence-electron chi connectivity index (χ3n) is 2.43. The van der Waals surface area contributed by atoms with E-state index in [2.05, 4.69) is 10.5 Å². The van der Waals surface area contributed by atoms with Gasteiger partial charge in [-0.1, -0.05) is 12.1 Å². The van der Waals surface area contributed by atoms with Crippen LogP contribution in [-0.4, -0.2) is 29.3 Å². The SMILES string of the molecule is CC(CO)CNC(=O)c1cc(-c2ccco2)on1. The summed E-state index contributed by atoms with van der Waals surface area (Å²) in [5.41, 5.74) is 0.187. The van der Waals surface area contributed by atoms with Crippen LogP contribution < -0.4 is 5.32 Å². The minimum absolute atomic E-state index is 0.00500. The highest BCUT2D eigenvalue weighted by molar-refractivity contribution is 5.92. The van der Waals surface area contributed by atoms with E-state index in [-0.39, 0.29) is 24.1 Å². The van der Waals surface area contributed by atoms with Crippen LogP contribution in [0.15, 0.2) is 33.4 Å². The average Bonchev–Trinajstić information content (AvgIpc) is 3.04. The first-order valence-electron chi connectivity index (χ1n) is 5.60. The van der Waals surface area contributed by atoms with E-state index in [0.717, 1.165) is 0 Å². The largest absolute Gasteiger partial charge is 0.461 e. The van der Waals surface area contributed by atoms with Crippen LogP contribution in [0.3, 0.4) is 0 Å². The first-order valence-corrected chi connectivity index (χ1v) is 5.60. The van der Waals surface area contributed by atoms with E-state index in [1.165, 1.54) is 12.3 Å². The van der Waals surface area contributed by atoms with Gasteiger partial charge < -0.3 is 19.4 Å². The molecule has 0 spiro atoms. The molecule has 2 heterocycles. The third-order valence-corrected chi connectivity index (χ3v) is 2.43. The van der Waals surface area contributed by atoms with Gasteiger partial charge in [-0.2, -0.15) is 0 Å². The second-order valence-electron chi connectivity index (χ2n) is 4.05. The van der Waals surface area contributed by atoms with Crippen LogP contribution in [0.1, 0.15) is 17.4 Å². The Morgan fingerprint density at radius 1 is 1.56 bits per heavy atom. The summed E-state index contributed by atoms with van der Waals surface area (Å²) in [4.78, 5) is 11.7. The summed E-state index contributed by atoms with van der Waals surface area (Å²) in [5, 5.41) is 15.2. The fourth-order valence-corrected chi connectivity index (χ4v) is 1.34. The summed E-state index contributed by atoms with van der Waals surface area (Å²) < 4.78 is 10.1. The molecule has 1 amide bonds. The van der Waals surface area contributed by atoms with Crippen molar-refractivity contribution in [1.82, 2.24) is 10.5 Å². The van der Waals surface area contributed by atoms with Crippen molar-refractivity contribution in [3.63, 3.8) is 0 Å². The molecule has 6 nitrogen and oxygen atoms in total. The van der Waals surface area contributed by atoms with E-state index in [0.29, 0.717) is 18.1 Å². The van der Waals surface area contributed by atoms with Crippen LogP contribution in [0.2, 0.25) is 0 Å². The summed E-state index contributed by atoms with van der Waals surface area (Å²) in [6.45, 7) is 2.24. The summed E-state index contributed by atoms with van der Waals surface area (Å²) >= 11 is 0. The zero-order valence-corrected chi connectivity index (χ0v) is 9.92. The number of nitrogens with one attached hydrogen (secondary N) is 1. The van der Waals surface area contributed by atoms with Crippen molar-refractivity contribution >= 4 is 5.91 Å². The highest BCUT2D eigenvalue weighted by Crippen LogP contribution is 2.20. The van der Waals surface area contributed by atoms with Crippen molar-refractivity contribution in [2.75, 3.05) is 13.2 Å². The molecule has 2 aromatic heterocycles. The van der Waals surface area contributed by atoms with Gasteiger partial charge in [0.05, 0.1) is 6.26 Å². The number of hydrogen-bond acceptors (Lipinski definition) is 5. The Balaban J connectivity index is 1.99. The smallest absolute Gasteiger partial charge is 0.273 e. The number of aromatic nitrogens is 1. The first kappa shape index (κ1) is 12.4. The van der Waals surface area contributed by atoms with Crippen LogP contribution in [0.5, 0.6) is 0 Å². The Morgan fingerprint density at radius 2 is 2.39 bits per heavy atom. The standard InChI is InChI=1S/C12H14N2O4/c1-8(7-15)6-13-12(16)9-5-11(18-14-9)10-3-2-4-17-10/h2-5,8,15H,6-7H2,1H3,(H,13,16). The lowest BCUT2D eigenvalue weighted by Crippen LogP contribution is -2.29. The van der Waals surface area contributed by atoms with Crippen molar-refractivity contribution in [3.05, 3.63) is 30.2 Å². The Labute approximate surface area is 104 Å². The molecule has 0 aliphatic rings. The lowest BCUT2D eigenvalue weighted by atomic mass is 10.2. The fraction of sp³-hybridized carbons (Fsp3) is 0.333. The lowest BCUT2D eigenvalue weighted by Gasteiger charge is -2.07. The zero-order valence-electron chi connectivity index (χ0n) is 9.92. The molecule has 0 saturated carbocycles. The maximum atomic E-state index is 11.7. The first-order chi connectivity index (χ1) is 8.70. The number of carbonyl (C=O) groups is 1. The van der Waals surface area contributed by atoms with Crippen molar-refractivity contribution < 1.29 is 18.8 Å². The van der Waals surface area contributed by atoms with Gasteiger partial charge in [0.2, 0.25) is 5.76 Å². The molecule has 6 heteroatoms. The van der Waals surface area contributed by atoms with Crippen molar-refractivity contribution in [1.29, 1.82) is 0 Å². The average molecular weight is 250 g/mol. The Hall–Kier alpha value is -2.08. The minimum atomic E-state index is -0.336. The van der Waals surface area contributed by atoms with Crippen LogP contribution in [-0.2, 0) is 0 Å². The number of furan rings is 1. The van der Waals surface area contributed by atoms with Gasteiger partial charge in [-0.05, 0) is 18.1 Å². The predicted molar refractivity (Wildman–Crippen MR) is 62.8 cm³/mol. The minimum Gasteiger partial charge on any atom is -0.461 e. The number of carbonyl (C=O) groups excluding carboxylic acids is 1. The van der Waals surface area contributed by atoms with Crippen molar-refractivity contribution in [2.45, 2.75) is 6.92 Å². The third kappa shape index (κ3) is 2.78. The lowest BCUT2D eigenvalue weighted by molar-refractivity contribution is 0.0933. The van der Waals surface area contributed by atoms with E-state index < -0.39 is 0 Å². The zero-order chi connectivity index (χ0) is 13.0. The summed E-state index contributed by atoms with van der Waals surface area (Å²) in [6, 6.07) is 4.95. The molecule has 2 aromatic rings. The van der Waals surface area contributed by atoms with Crippen molar-refractivity contribution in [3.8, 4) is 11.5 Å². The van der Waals surface area contributed by atoms with E-state index in [4.69, 9.17) is 14.0 Å². The summed E-state index contributed by atoms with van der Waals surface area (Å²) in [5.74, 6) is 0.591. The molecule has 1 unspecified atom stereocenters. The molecule has 0 radical (unpaired) electrons. The van der Waals surface area contributed by atoms with Gasteiger partial charge in [-0.25, -0.2) is 0 Å². The van der Waals surface area contributed by atoms with Gasteiger partial charge in [-0.3, -0.25) is 4.79 Å². The number of aliphatic hydroxyl groups is 1. The van der Waals surface area contributed by atoms with E-state index in [1.807, 2.05) is 6.92 Å². The van der Waals surface area contributed by atoms with Gasteiger partial charge in [0, 0.05) is 19.2 Å². The van der Waals surface area contributed by atoms with Crippen LogP contribution in [0.4, 0.5) is 0 Å². The quantitative estimate of drug-likeness (QED) is 0.834. The van der Waals surface area contributed by atoms with Gasteiger partial charge in [0.15, 0.2) is 11.5 Å². The fourth-order valence-electron chi connectivity index (χ4n) is 1.34. The molecule has 0 bridgehead atoms. The molecule has 0 saturated heterocycles. The van der Waals surface area contributed by atoms with Crippen LogP contribution >= 0.6 is 0 Å². The van der Waals surface area contributed by atoms with Gasteiger partial charge in [0.25, 0.3) is 5.91 Å². The van der Waals surface area contributed by atoms with Crippen LogP contribution in [0.25, 0.3) is 11.5 Å². The molecule has 0 aromatic carbocycles. The molecule has 2 rings (SSSR count). The second-order valence-corrected chi connectivity index (χ2v) is 4.05. The Morgan fingerprint density at radius 3 is 3.06 bits per heavy atom. The molecular formula is C12H14N2O4. The van der Waals surface area contributed by atoms with Gasteiger partial charge in [0.1, 0.15) is 0 Å². The summed E-state index contributed by atoms with van der Waals surface area (Å²) in [7, 11) is 0. The highest BCUT2D eigenvalue weighted by atomic mass is 16.5. The number of rotatable bonds is 5. The highest BCUT2D eigenvalue weighted by Gasteiger charge is 2.15. The number of hydrogen-bond donors (Lipinski definition) is 2. The molecule has 0 fully saturated rings. The summed E-state index contributed by atoms with van der Waals surface area (Å²) in [6.07, 6.45) is 1.51. The Bertz CT molecular complexity index is 504. The molecular weight excluding hydrogens is 236 g/mol. The maximum Gasteiger partial charge on any atom is 0.273 e. The number of amides is 1. The maximum absolute atomic E-state index is 11.7. The number of aliphatic hydroxyl groups excluding tert-OH is 1. The molecule has 0 aliphatic carbocycles. The normalized spacial score (nSPS) is 12.3. The predicted octanol–water partition coefficient (Wildman–Crippen LogP) is 1.29. The number of nitrogens with zero attached hydrogens (tertiary/aromatic N) is 1.